The van der Waals surface area contributed by atoms with Gasteiger partial charge in [0.05, 0.1) is 17.1 Å². The van der Waals surface area contributed by atoms with Crippen LogP contribution in [0.25, 0.3) is 0 Å². The van der Waals surface area contributed by atoms with E-state index in [1.165, 1.54) is 0 Å². The number of hydrogen-bond donors (Lipinski definition) is 1. The summed E-state index contributed by atoms with van der Waals surface area (Å²) in [6, 6.07) is 0. The first-order valence-corrected chi connectivity index (χ1v) is 5.43. The van der Waals surface area contributed by atoms with Crippen molar-refractivity contribution in [3.05, 3.63) is 60.0 Å². The van der Waals surface area contributed by atoms with Gasteiger partial charge in [-0.05, 0) is 31.1 Å². The maximum absolute atomic E-state index is 5.92. The van der Waals surface area contributed by atoms with Crippen molar-refractivity contribution in [3.8, 4) is 0 Å². The molecule has 1 aliphatic rings. The van der Waals surface area contributed by atoms with Crippen LogP contribution in [-0.4, -0.2) is 5.71 Å². The molecule has 2 heteroatoms. The molecule has 2 N–H and O–H groups in total. The van der Waals surface area contributed by atoms with E-state index in [0.29, 0.717) is 5.70 Å². The van der Waals surface area contributed by atoms with Crippen molar-refractivity contribution >= 4 is 5.71 Å². The average molecular weight is 214 g/mol. The molecule has 0 saturated carbocycles. The van der Waals surface area contributed by atoms with Crippen LogP contribution in [0, 0.1) is 0 Å². The summed E-state index contributed by atoms with van der Waals surface area (Å²) in [6.07, 6.45) is 12.4. The summed E-state index contributed by atoms with van der Waals surface area (Å²) in [4.78, 5) is 4.54. The molecular formula is C14H18N2. The lowest BCUT2D eigenvalue weighted by Crippen LogP contribution is -2.03. The van der Waals surface area contributed by atoms with Crippen LogP contribution in [0.15, 0.2) is 65.0 Å². The monoisotopic (exact) mass is 214 g/mol. The summed E-state index contributed by atoms with van der Waals surface area (Å²) in [5.41, 5.74) is 9.33. The summed E-state index contributed by atoms with van der Waals surface area (Å²) in [6.45, 7) is 7.92. The van der Waals surface area contributed by atoms with Gasteiger partial charge in [-0.1, -0.05) is 37.8 Å². The number of rotatable bonds is 3. The molecule has 0 amide bonds. The lowest BCUT2D eigenvalue weighted by molar-refractivity contribution is 1.03. The van der Waals surface area contributed by atoms with Gasteiger partial charge < -0.3 is 5.73 Å². The first kappa shape index (κ1) is 12.2. The highest BCUT2D eigenvalue weighted by Crippen LogP contribution is 2.13. The minimum absolute atomic E-state index is 0.716. The van der Waals surface area contributed by atoms with Crippen molar-refractivity contribution in [2.24, 2.45) is 10.7 Å². The highest BCUT2D eigenvalue weighted by Gasteiger charge is 2.03. The standard InChI is InChI=1S/C14H18N2/c1-4-8-12(15)13(5-2)16-14-10-7-6-9-11(14)3/h4,6-10H,3,5,15H2,1-2H3/b8-4+,13-12-,16-14-. The Morgan fingerprint density at radius 2 is 2.12 bits per heavy atom. The van der Waals surface area contributed by atoms with Crippen LogP contribution in [0.4, 0.5) is 0 Å². The smallest absolute Gasteiger partial charge is 0.0700 e. The molecular weight excluding hydrogens is 196 g/mol. The van der Waals surface area contributed by atoms with Crippen LogP contribution in [0.3, 0.4) is 0 Å². The van der Waals surface area contributed by atoms with Gasteiger partial charge >= 0.3 is 0 Å². The Morgan fingerprint density at radius 1 is 1.44 bits per heavy atom. The van der Waals surface area contributed by atoms with Crippen LogP contribution in [-0.2, 0) is 0 Å². The SMILES string of the molecule is C=C1C=CC=C/C1=N/C(CC)=C(N)/C=C/C. The molecule has 0 aromatic carbocycles. The Morgan fingerprint density at radius 3 is 2.69 bits per heavy atom. The van der Waals surface area contributed by atoms with Gasteiger partial charge in [0.2, 0.25) is 0 Å². The molecule has 0 aliphatic heterocycles. The Kier molecular flexibility index (Phi) is 4.52. The summed E-state index contributed by atoms with van der Waals surface area (Å²) < 4.78 is 0. The fourth-order valence-corrected chi connectivity index (χ4v) is 1.39. The van der Waals surface area contributed by atoms with Crippen molar-refractivity contribution in [2.75, 3.05) is 0 Å². The molecule has 0 aromatic heterocycles. The van der Waals surface area contributed by atoms with Gasteiger partial charge in [0.1, 0.15) is 0 Å². The van der Waals surface area contributed by atoms with E-state index in [2.05, 4.69) is 11.6 Å². The number of hydrogen-bond acceptors (Lipinski definition) is 2. The van der Waals surface area contributed by atoms with Crippen LogP contribution in [0.5, 0.6) is 0 Å². The third-order valence-corrected chi connectivity index (χ3v) is 2.26. The van der Waals surface area contributed by atoms with E-state index in [4.69, 9.17) is 5.73 Å². The fraction of sp³-hybridized carbons (Fsp3) is 0.214. The summed E-state index contributed by atoms with van der Waals surface area (Å²) in [7, 11) is 0. The number of nitrogens with zero attached hydrogens (tertiary/aromatic N) is 1. The van der Waals surface area contributed by atoms with Crippen LogP contribution >= 0.6 is 0 Å². The zero-order chi connectivity index (χ0) is 12.0. The highest BCUT2D eigenvalue weighted by atomic mass is 14.8. The Bertz CT molecular complexity index is 418. The first-order chi connectivity index (χ1) is 7.69. The van der Waals surface area contributed by atoms with Crippen molar-refractivity contribution in [2.45, 2.75) is 20.3 Å². The average Bonchev–Trinajstić information content (AvgIpc) is 2.28. The third kappa shape index (κ3) is 3.09. The summed E-state index contributed by atoms with van der Waals surface area (Å²) in [5, 5.41) is 0. The Balaban J connectivity index is 3.05. The van der Waals surface area contributed by atoms with Crippen LogP contribution in [0.2, 0.25) is 0 Å². The van der Waals surface area contributed by atoms with E-state index in [0.717, 1.165) is 23.4 Å². The second kappa shape index (κ2) is 5.91. The molecule has 0 radical (unpaired) electrons. The second-order valence-electron chi connectivity index (χ2n) is 3.50. The van der Waals surface area contributed by atoms with Gasteiger partial charge in [0.15, 0.2) is 0 Å². The normalized spacial score (nSPS) is 19.6. The molecule has 0 bridgehead atoms. The van der Waals surface area contributed by atoms with Crippen molar-refractivity contribution in [3.63, 3.8) is 0 Å². The molecule has 0 aromatic rings. The molecule has 16 heavy (non-hydrogen) atoms. The Labute approximate surface area is 97.3 Å². The van der Waals surface area contributed by atoms with Gasteiger partial charge in [-0.3, -0.25) is 4.99 Å². The van der Waals surface area contributed by atoms with Crippen molar-refractivity contribution in [1.82, 2.24) is 0 Å². The zero-order valence-electron chi connectivity index (χ0n) is 9.90. The lowest BCUT2D eigenvalue weighted by Gasteiger charge is -2.07. The molecule has 1 aliphatic carbocycles. The van der Waals surface area contributed by atoms with Crippen molar-refractivity contribution < 1.29 is 0 Å². The number of aliphatic imine (C=N–C) groups is 1. The Hall–Kier alpha value is -1.83. The van der Waals surface area contributed by atoms with Crippen molar-refractivity contribution in [1.29, 1.82) is 0 Å². The number of allylic oxidation sites excluding steroid dienone is 8. The molecule has 0 atom stereocenters. The predicted octanol–water partition coefficient (Wildman–Crippen LogP) is 3.27. The summed E-state index contributed by atoms with van der Waals surface area (Å²) in [5.74, 6) is 0. The highest BCUT2D eigenvalue weighted by molar-refractivity contribution is 6.11. The van der Waals surface area contributed by atoms with E-state index >= 15 is 0 Å². The molecule has 0 heterocycles. The predicted molar refractivity (Wildman–Crippen MR) is 71.2 cm³/mol. The molecule has 0 saturated heterocycles. The zero-order valence-corrected chi connectivity index (χ0v) is 9.90. The van der Waals surface area contributed by atoms with Crippen LogP contribution in [0.1, 0.15) is 20.3 Å². The minimum atomic E-state index is 0.716. The largest absolute Gasteiger partial charge is 0.397 e. The molecule has 0 unspecified atom stereocenters. The van der Waals surface area contributed by atoms with E-state index in [9.17, 15) is 0 Å². The van der Waals surface area contributed by atoms with E-state index < -0.39 is 0 Å². The molecule has 84 valence electrons. The third-order valence-electron chi connectivity index (χ3n) is 2.26. The maximum Gasteiger partial charge on any atom is 0.0700 e. The van der Waals surface area contributed by atoms with Crippen LogP contribution < -0.4 is 5.73 Å². The quantitative estimate of drug-likeness (QED) is 0.719. The van der Waals surface area contributed by atoms with E-state index in [-0.39, 0.29) is 0 Å². The fourth-order valence-electron chi connectivity index (χ4n) is 1.39. The number of nitrogens with two attached hydrogens (primary N) is 1. The minimum Gasteiger partial charge on any atom is -0.397 e. The first-order valence-electron chi connectivity index (χ1n) is 5.43. The topological polar surface area (TPSA) is 38.4 Å². The van der Waals surface area contributed by atoms with Gasteiger partial charge in [0, 0.05) is 0 Å². The molecule has 2 nitrogen and oxygen atoms in total. The summed E-state index contributed by atoms with van der Waals surface area (Å²) >= 11 is 0. The maximum atomic E-state index is 5.92. The van der Waals surface area contributed by atoms with E-state index in [1.807, 2.05) is 50.3 Å². The van der Waals surface area contributed by atoms with Gasteiger partial charge in [-0.15, -0.1) is 0 Å². The molecule has 1 rings (SSSR count). The van der Waals surface area contributed by atoms with E-state index in [1.54, 1.807) is 0 Å². The lowest BCUT2D eigenvalue weighted by atomic mass is 10.1. The van der Waals surface area contributed by atoms with Gasteiger partial charge in [-0.25, -0.2) is 0 Å². The van der Waals surface area contributed by atoms with Gasteiger partial charge in [-0.2, -0.15) is 0 Å². The second-order valence-corrected chi connectivity index (χ2v) is 3.50. The molecule has 0 spiro atoms. The van der Waals surface area contributed by atoms with Gasteiger partial charge in [0.25, 0.3) is 0 Å². The molecule has 0 fully saturated rings.